The molecule has 0 aliphatic heterocycles. The van der Waals surface area contributed by atoms with E-state index in [0.29, 0.717) is 22.8 Å². The number of anilines is 1. The molecule has 1 atom stereocenters. The summed E-state index contributed by atoms with van der Waals surface area (Å²) < 4.78 is 16.0. The zero-order chi connectivity index (χ0) is 26.6. The molecule has 192 valence electrons. The first-order valence-electron chi connectivity index (χ1n) is 11.4. The number of carbonyl (C=O) groups excluding carboxylic acids is 3. The molecule has 0 saturated heterocycles. The highest BCUT2D eigenvalue weighted by atomic mass is 16.5. The quantitative estimate of drug-likeness (QED) is 0.523. The fourth-order valence-corrected chi connectivity index (χ4v) is 4.52. The third-order valence-corrected chi connectivity index (χ3v) is 5.84. The maximum atomic E-state index is 13.7. The second-order valence-electron chi connectivity index (χ2n) is 9.59. The van der Waals surface area contributed by atoms with Crippen LogP contribution in [0, 0.1) is 12.3 Å². The van der Waals surface area contributed by atoms with Gasteiger partial charge in [-0.05, 0) is 32.3 Å². The van der Waals surface area contributed by atoms with Crippen LogP contribution in [0.5, 0.6) is 11.5 Å². The van der Waals surface area contributed by atoms with Crippen molar-refractivity contribution < 1.29 is 28.4 Å². The maximum Gasteiger partial charge on any atom is 0.248 e. The number of hydrogen-bond acceptors (Lipinski definition) is 7. The van der Waals surface area contributed by atoms with Crippen molar-refractivity contribution >= 4 is 23.5 Å². The number of nitrogens with one attached hydrogen (secondary N) is 1. The Hall–Kier alpha value is -3.56. The summed E-state index contributed by atoms with van der Waals surface area (Å²) in [4.78, 5) is 41.0. The molecule has 0 spiro atoms. The molecule has 0 saturated carbocycles. The molecule has 10 nitrogen and oxygen atoms in total. The number of nitrogens with zero attached hydrogens (tertiary/aromatic N) is 2. The Balaban J connectivity index is 2.55. The Morgan fingerprint density at radius 2 is 1.80 bits per heavy atom. The lowest BCUT2D eigenvalue weighted by molar-refractivity contribution is -0.159. The molecule has 0 radical (unpaired) electrons. The monoisotopic (exact) mass is 488 g/mol. The molecule has 1 aromatic carbocycles. The Kier molecular flexibility index (Phi) is 8.54. The molecule has 1 unspecified atom stereocenters. The van der Waals surface area contributed by atoms with E-state index >= 15 is 0 Å². The van der Waals surface area contributed by atoms with Crippen molar-refractivity contribution in [1.82, 2.24) is 10.1 Å². The fourth-order valence-electron chi connectivity index (χ4n) is 4.52. The molecule has 2 aromatic rings. The summed E-state index contributed by atoms with van der Waals surface area (Å²) >= 11 is 0. The van der Waals surface area contributed by atoms with Crippen LogP contribution < -0.4 is 20.5 Å². The summed E-state index contributed by atoms with van der Waals surface area (Å²) in [7, 11) is 2.96. The van der Waals surface area contributed by atoms with Crippen LogP contribution in [0.4, 0.5) is 5.82 Å². The van der Waals surface area contributed by atoms with Gasteiger partial charge in [-0.3, -0.25) is 14.4 Å². The van der Waals surface area contributed by atoms with E-state index in [2.05, 4.69) is 10.5 Å². The second-order valence-corrected chi connectivity index (χ2v) is 9.59. The standard InChI is InChI=1S/C25H36N4O6/c1-15(2)29(21(31)13-12-20(30)27-19-14-16(3)35-28-19)25(23(26)32,24(4,5)6)17-10-9-11-18(33-7)22(17)34-8/h9-11,14-15H,12-13H2,1-8H3,(H2,26,32)(H,27,28,30). The van der Waals surface area contributed by atoms with Gasteiger partial charge in [0.15, 0.2) is 22.9 Å². The van der Waals surface area contributed by atoms with Crippen LogP contribution in [0.3, 0.4) is 0 Å². The normalized spacial score (nSPS) is 13.2. The number of nitrogens with two attached hydrogens (primary N) is 1. The molecular formula is C25H36N4O6. The van der Waals surface area contributed by atoms with Gasteiger partial charge >= 0.3 is 0 Å². The van der Waals surface area contributed by atoms with Gasteiger partial charge in [0.25, 0.3) is 0 Å². The summed E-state index contributed by atoms with van der Waals surface area (Å²) in [6.45, 7) is 10.8. The predicted octanol–water partition coefficient (Wildman–Crippen LogP) is 3.38. The summed E-state index contributed by atoms with van der Waals surface area (Å²) in [6, 6.07) is 6.27. The summed E-state index contributed by atoms with van der Waals surface area (Å²) in [6.07, 6.45) is -0.277. The first-order chi connectivity index (χ1) is 16.3. The second kappa shape index (κ2) is 10.8. The third-order valence-electron chi connectivity index (χ3n) is 5.84. The lowest BCUT2D eigenvalue weighted by Gasteiger charge is -2.52. The summed E-state index contributed by atoms with van der Waals surface area (Å²) in [5.41, 5.74) is 4.05. The molecule has 2 rings (SSSR count). The lowest BCUT2D eigenvalue weighted by atomic mass is 9.66. The van der Waals surface area contributed by atoms with Crippen LogP contribution in [-0.2, 0) is 19.9 Å². The molecule has 1 aromatic heterocycles. The zero-order valence-electron chi connectivity index (χ0n) is 21.7. The highest BCUT2D eigenvalue weighted by molar-refractivity contribution is 5.96. The van der Waals surface area contributed by atoms with Crippen molar-refractivity contribution in [2.24, 2.45) is 11.1 Å². The Labute approximate surface area is 206 Å². The van der Waals surface area contributed by atoms with Crippen LogP contribution in [0.25, 0.3) is 0 Å². The van der Waals surface area contributed by atoms with Gasteiger partial charge in [-0.1, -0.05) is 38.1 Å². The van der Waals surface area contributed by atoms with Gasteiger partial charge in [0.1, 0.15) is 5.76 Å². The van der Waals surface area contributed by atoms with E-state index < -0.39 is 34.7 Å². The largest absolute Gasteiger partial charge is 0.493 e. The lowest BCUT2D eigenvalue weighted by Crippen LogP contribution is -2.65. The SMILES string of the molecule is COc1cccc(C(C(N)=O)(N(C(=O)CCC(=O)Nc2cc(C)on2)C(C)C)C(C)(C)C)c1OC. The number of aryl methyl sites for hydroxylation is 1. The van der Waals surface area contributed by atoms with E-state index in [4.69, 9.17) is 19.7 Å². The molecule has 0 aliphatic rings. The topological polar surface area (TPSA) is 137 Å². The van der Waals surface area contributed by atoms with E-state index in [-0.39, 0.29) is 18.7 Å². The van der Waals surface area contributed by atoms with Crippen LogP contribution in [0.15, 0.2) is 28.8 Å². The first kappa shape index (κ1) is 27.7. The van der Waals surface area contributed by atoms with Crippen molar-refractivity contribution in [2.45, 2.75) is 66.0 Å². The van der Waals surface area contributed by atoms with Crippen molar-refractivity contribution in [2.75, 3.05) is 19.5 Å². The number of ether oxygens (including phenoxy) is 2. The highest BCUT2D eigenvalue weighted by Crippen LogP contribution is 2.50. The number of para-hydroxylation sites is 1. The van der Waals surface area contributed by atoms with Gasteiger partial charge in [0, 0.05) is 30.5 Å². The number of benzene rings is 1. The molecular weight excluding hydrogens is 452 g/mol. The molecule has 1 heterocycles. The third kappa shape index (κ3) is 5.41. The molecule has 3 N–H and O–H groups in total. The zero-order valence-corrected chi connectivity index (χ0v) is 21.7. The van der Waals surface area contributed by atoms with Gasteiger partial charge in [0.2, 0.25) is 17.7 Å². The van der Waals surface area contributed by atoms with Gasteiger partial charge in [-0.15, -0.1) is 0 Å². The fraction of sp³-hybridized carbons (Fsp3) is 0.520. The average molecular weight is 489 g/mol. The smallest absolute Gasteiger partial charge is 0.248 e. The van der Waals surface area contributed by atoms with Crippen molar-refractivity contribution in [3.8, 4) is 11.5 Å². The van der Waals surface area contributed by atoms with Crippen LogP contribution >= 0.6 is 0 Å². The number of amides is 3. The van der Waals surface area contributed by atoms with E-state index in [9.17, 15) is 14.4 Å². The maximum absolute atomic E-state index is 13.7. The Morgan fingerprint density at radius 3 is 2.26 bits per heavy atom. The van der Waals surface area contributed by atoms with Gasteiger partial charge in [-0.25, -0.2) is 0 Å². The summed E-state index contributed by atoms with van der Waals surface area (Å²) in [5, 5.41) is 6.33. The van der Waals surface area contributed by atoms with Crippen molar-refractivity contribution in [3.63, 3.8) is 0 Å². The molecule has 3 amide bonds. The number of hydrogen-bond donors (Lipinski definition) is 2. The number of primary amides is 1. The van der Waals surface area contributed by atoms with Gasteiger partial charge in [0.05, 0.1) is 14.2 Å². The van der Waals surface area contributed by atoms with E-state index in [0.717, 1.165) is 0 Å². The van der Waals surface area contributed by atoms with Crippen molar-refractivity contribution in [3.05, 3.63) is 35.6 Å². The molecule has 10 heteroatoms. The minimum absolute atomic E-state index is 0.123. The Morgan fingerprint density at radius 1 is 1.14 bits per heavy atom. The summed E-state index contributed by atoms with van der Waals surface area (Å²) in [5.74, 6) is -0.0189. The van der Waals surface area contributed by atoms with Gasteiger partial charge < -0.3 is 29.9 Å². The Bertz CT molecular complexity index is 1070. The molecule has 0 bridgehead atoms. The number of carbonyl (C=O) groups is 3. The minimum Gasteiger partial charge on any atom is -0.493 e. The van der Waals surface area contributed by atoms with Gasteiger partial charge in [-0.2, -0.15) is 0 Å². The minimum atomic E-state index is -1.61. The first-order valence-corrected chi connectivity index (χ1v) is 11.4. The van der Waals surface area contributed by atoms with Crippen LogP contribution in [-0.4, -0.2) is 48.0 Å². The average Bonchev–Trinajstić information content (AvgIpc) is 3.17. The van der Waals surface area contributed by atoms with E-state index in [1.54, 1.807) is 45.0 Å². The van der Waals surface area contributed by atoms with E-state index in [1.807, 2.05) is 20.8 Å². The van der Waals surface area contributed by atoms with Crippen LogP contribution in [0.2, 0.25) is 0 Å². The number of rotatable bonds is 10. The highest BCUT2D eigenvalue weighted by Gasteiger charge is 2.57. The predicted molar refractivity (Wildman–Crippen MR) is 131 cm³/mol. The molecule has 0 aliphatic carbocycles. The molecule has 35 heavy (non-hydrogen) atoms. The van der Waals surface area contributed by atoms with Crippen LogP contribution in [0.1, 0.15) is 58.8 Å². The molecule has 0 fully saturated rings. The van der Waals surface area contributed by atoms with Crippen molar-refractivity contribution in [1.29, 1.82) is 0 Å². The number of aromatic nitrogens is 1. The number of methoxy groups -OCH3 is 2. The van der Waals surface area contributed by atoms with E-state index in [1.165, 1.54) is 19.1 Å².